The number of carbonyl (C=O) groups is 2. The quantitative estimate of drug-likeness (QED) is 0.871. The van der Waals surface area contributed by atoms with Gasteiger partial charge < -0.3 is 14.9 Å². The van der Waals surface area contributed by atoms with Crippen molar-refractivity contribution in [1.82, 2.24) is 10.5 Å². The van der Waals surface area contributed by atoms with Crippen LogP contribution >= 0.6 is 0 Å². The van der Waals surface area contributed by atoms with Crippen LogP contribution in [-0.4, -0.2) is 22.1 Å². The molecule has 0 radical (unpaired) electrons. The van der Waals surface area contributed by atoms with Crippen LogP contribution < -0.4 is 5.32 Å². The van der Waals surface area contributed by atoms with Gasteiger partial charge in [0.15, 0.2) is 0 Å². The molecule has 98 valence electrons. The normalized spacial score (nSPS) is 10.2. The minimum atomic E-state index is -0.976. The monoisotopic (exact) mass is 260 g/mol. The summed E-state index contributed by atoms with van der Waals surface area (Å²) < 4.78 is 4.80. The zero-order valence-electron chi connectivity index (χ0n) is 10.2. The molecule has 2 rings (SSSR count). The molecule has 0 saturated carbocycles. The highest BCUT2D eigenvalue weighted by Crippen LogP contribution is 2.07. The van der Waals surface area contributed by atoms with Gasteiger partial charge in [0, 0.05) is 6.54 Å². The summed E-state index contributed by atoms with van der Waals surface area (Å²) in [4.78, 5) is 22.5. The van der Waals surface area contributed by atoms with Crippen LogP contribution in [0.1, 0.15) is 32.0 Å². The van der Waals surface area contributed by atoms with E-state index in [1.165, 1.54) is 18.3 Å². The second-order valence-corrected chi connectivity index (χ2v) is 3.98. The number of nitrogens with one attached hydrogen (secondary N) is 1. The maximum Gasteiger partial charge on any atom is 0.335 e. The number of aryl methyl sites for hydroxylation is 1. The Morgan fingerprint density at radius 3 is 2.53 bits per heavy atom. The molecule has 1 amide bonds. The summed E-state index contributed by atoms with van der Waals surface area (Å²) in [7, 11) is 0. The molecule has 6 nitrogen and oxygen atoms in total. The third kappa shape index (κ3) is 2.98. The highest BCUT2D eigenvalue weighted by molar-refractivity contribution is 5.94. The molecule has 0 aliphatic heterocycles. The maximum absolute atomic E-state index is 11.8. The van der Waals surface area contributed by atoms with E-state index in [1.807, 2.05) is 0 Å². The molecule has 1 aromatic carbocycles. The van der Waals surface area contributed by atoms with Crippen molar-refractivity contribution in [3.63, 3.8) is 0 Å². The van der Waals surface area contributed by atoms with Crippen molar-refractivity contribution in [3.05, 3.63) is 52.9 Å². The summed E-state index contributed by atoms with van der Waals surface area (Å²) in [5.41, 5.74) is 1.42. The van der Waals surface area contributed by atoms with Gasteiger partial charge in [-0.05, 0) is 24.6 Å². The Morgan fingerprint density at radius 2 is 2.00 bits per heavy atom. The summed E-state index contributed by atoms with van der Waals surface area (Å²) in [6.45, 7) is 1.97. The fraction of sp³-hybridized carbons (Fsp3) is 0.154. The van der Waals surface area contributed by atoms with E-state index >= 15 is 0 Å². The Kier molecular flexibility index (Phi) is 3.61. The molecule has 0 fully saturated rings. The number of rotatable bonds is 4. The van der Waals surface area contributed by atoms with Crippen LogP contribution in [0.4, 0.5) is 0 Å². The highest BCUT2D eigenvalue weighted by Gasteiger charge is 2.12. The van der Waals surface area contributed by atoms with Crippen LogP contribution in [0.5, 0.6) is 0 Å². The van der Waals surface area contributed by atoms with Gasteiger partial charge in [-0.2, -0.15) is 0 Å². The van der Waals surface area contributed by atoms with Gasteiger partial charge in [0.25, 0.3) is 5.91 Å². The number of amides is 1. The van der Waals surface area contributed by atoms with E-state index in [0.717, 1.165) is 5.56 Å². The van der Waals surface area contributed by atoms with E-state index in [1.54, 1.807) is 19.1 Å². The number of aromatic nitrogens is 1. The zero-order chi connectivity index (χ0) is 13.8. The van der Waals surface area contributed by atoms with E-state index in [-0.39, 0.29) is 11.5 Å². The molecule has 19 heavy (non-hydrogen) atoms. The lowest BCUT2D eigenvalue weighted by atomic mass is 10.1. The lowest BCUT2D eigenvalue weighted by molar-refractivity contribution is 0.0696. The topological polar surface area (TPSA) is 92.4 Å². The lowest BCUT2D eigenvalue weighted by Crippen LogP contribution is -2.23. The summed E-state index contributed by atoms with van der Waals surface area (Å²) in [5, 5.41) is 15.0. The molecule has 1 heterocycles. The Morgan fingerprint density at radius 1 is 1.32 bits per heavy atom. The third-order valence-corrected chi connectivity index (χ3v) is 2.65. The van der Waals surface area contributed by atoms with Gasteiger partial charge in [0.2, 0.25) is 0 Å². The first kappa shape index (κ1) is 12.8. The van der Waals surface area contributed by atoms with Gasteiger partial charge in [-0.15, -0.1) is 0 Å². The van der Waals surface area contributed by atoms with Crippen molar-refractivity contribution >= 4 is 11.9 Å². The number of hydrogen-bond donors (Lipinski definition) is 2. The molecule has 2 aromatic rings. The molecule has 1 aromatic heterocycles. The van der Waals surface area contributed by atoms with Crippen molar-refractivity contribution < 1.29 is 19.2 Å². The molecule has 6 heteroatoms. The number of aromatic carboxylic acids is 1. The molecule has 0 unspecified atom stereocenters. The van der Waals surface area contributed by atoms with Crippen LogP contribution in [0, 0.1) is 6.92 Å². The van der Waals surface area contributed by atoms with Crippen LogP contribution in [0.15, 0.2) is 35.0 Å². The summed E-state index contributed by atoms with van der Waals surface area (Å²) >= 11 is 0. The van der Waals surface area contributed by atoms with Crippen LogP contribution in [0.25, 0.3) is 0 Å². The second-order valence-electron chi connectivity index (χ2n) is 3.98. The minimum Gasteiger partial charge on any atom is -0.478 e. The minimum absolute atomic E-state index is 0.213. The van der Waals surface area contributed by atoms with Crippen LogP contribution in [0.2, 0.25) is 0 Å². The molecule has 0 spiro atoms. The van der Waals surface area contributed by atoms with E-state index in [4.69, 9.17) is 9.63 Å². The van der Waals surface area contributed by atoms with E-state index in [0.29, 0.717) is 17.9 Å². The van der Waals surface area contributed by atoms with E-state index in [9.17, 15) is 9.59 Å². The summed E-state index contributed by atoms with van der Waals surface area (Å²) in [6.07, 6.45) is 1.36. The average molecular weight is 260 g/mol. The summed E-state index contributed by atoms with van der Waals surface area (Å²) in [6, 6.07) is 6.30. The highest BCUT2D eigenvalue weighted by atomic mass is 16.5. The first-order valence-corrected chi connectivity index (χ1v) is 5.59. The van der Waals surface area contributed by atoms with Gasteiger partial charge >= 0.3 is 5.97 Å². The van der Waals surface area contributed by atoms with Crippen molar-refractivity contribution in [2.75, 3.05) is 0 Å². The van der Waals surface area contributed by atoms with Crippen LogP contribution in [0.3, 0.4) is 0 Å². The standard InChI is InChI=1S/C13H12N2O4/c1-8-11(7-15-19-8)12(16)14-6-9-2-4-10(5-3-9)13(17)18/h2-5,7H,6H2,1H3,(H,14,16)(H,17,18). The Balaban J connectivity index is 1.97. The first-order chi connectivity index (χ1) is 9.08. The van der Waals surface area contributed by atoms with E-state index < -0.39 is 5.97 Å². The van der Waals surface area contributed by atoms with Crippen molar-refractivity contribution in [2.24, 2.45) is 0 Å². The first-order valence-electron chi connectivity index (χ1n) is 5.59. The van der Waals surface area contributed by atoms with Crippen molar-refractivity contribution in [2.45, 2.75) is 13.5 Å². The second kappa shape index (κ2) is 5.34. The molecule has 0 aliphatic carbocycles. The smallest absolute Gasteiger partial charge is 0.335 e. The fourth-order valence-corrected chi connectivity index (χ4v) is 1.56. The predicted octanol–water partition coefficient (Wildman–Crippen LogP) is 1.61. The molecule has 0 bridgehead atoms. The molecule has 2 N–H and O–H groups in total. The summed E-state index contributed by atoms with van der Waals surface area (Å²) in [5.74, 6) is -0.796. The van der Waals surface area contributed by atoms with E-state index in [2.05, 4.69) is 10.5 Å². The van der Waals surface area contributed by atoms with Crippen molar-refractivity contribution in [1.29, 1.82) is 0 Å². The molecular weight excluding hydrogens is 248 g/mol. The van der Waals surface area contributed by atoms with Gasteiger partial charge in [0.1, 0.15) is 11.3 Å². The van der Waals surface area contributed by atoms with Gasteiger partial charge in [0.05, 0.1) is 11.8 Å². The number of nitrogens with zero attached hydrogens (tertiary/aromatic N) is 1. The van der Waals surface area contributed by atoms with Crippen molar-refractivity contribution in [3.8, 4) is 0 Å². The molecule has 0 aliphatic rings. The number of benzene rings is 1. The number of carboxylic acids is 1. The van der Waals surface area contributed by atoms with Gasteiger partial charge in [-0.3, -0.25) is 4.79 Å². The number of carbonyl (C=O) groups excluding carboxylic acids is 1. The maximum atomic E-state index is 11.8. The molecule has 0 atom stereocenters. The zero-order valence-corrected chi connectivity index (χ0v) is 10.2. The Hall–Kier alpha value is -2.63. The largest absolute Gasteiger partial charge is 0.478 e. The number of hydrogen-bond acceptors (Lipinski definition) is 4. The Bertz CT molecular complexity index is 601. The lowest BCUT2D eigenvalue weighted by Gasteiger charge is -2.04. The fourth-order valence-electron chi connectivity index (χ4n) is 1.56. The number of carboxylic acid groups (broad SMARTS) is 1. The predicted molar refractivity (Wildman–Crippen MR) is 65.8 cm³/mol. The van der Waals surface area contributed by atoms with Crippen LogP contribution in [-0.2, 0) is 6.54 Å². The molecular formula is C13H12N2O4. The SMILES string of the molecule is Cc1oncc1C(=O)NCc1ccc(C(=O)O)cc1. The van der Waals surface area contributed by atoms with Gasteiger partial charge in [-0.25, -0.2) is 4.79 Å². The third-order valence-electron chi connectivity index (χ3n) is 2.65. The van der Waals surface area contributed by atoms with Gasteiger partial charge in [-0.1, -0.05) is 17.3 Å². The average Bonchev–Trinajstić information content (AvgIpc) is 2.83. The molecule has 0 saturated heterocycles. The Labute approximate surface area is 109 Å².